The molecule has 25 heavy (non-hydrogen) atoms. The number of carbonyl (C=O) groups excluding carboxylic acids is 1. The summed E-state index contributed by atoms with van der Waals surface area (Å²) in [5, 5.41) is 15.6. The second kappa shape index (κ2) is 8.31. The van der Waals surface area contributed by atoms with Crippen LogP contribution >= 0.6 is 23.1 Å². The Bertz CT molecular complexity index is 810. The minimum absolute atomic E-state index is 0.0191. The highest BCUT2D eigenvalue weighted by molar-refractivity contribution is 7.99. The Balaban J connectivity index is 1.49. The van der Waals surface area contributed by atoms with Crippen molar-refractivity contribution < 1.29 is 4.79 Å². The quantitative estimate of drug-likeness (QED) is 0.643. The SMILES string of the molecule is CC(C)Sc1ccc(CC(=O)NCc2cn(-c3ccsc3)nn2)cc1. The molecule has 0 unspecified atom stereocenters. The van der Waals surface area contributed by atoms with Gasteiger partial charge in [0.05, 0.1) is 24.8 Å². The molecule has 0 fully saturated rings. The van der Waals surface area contributed by atoms with E-state index in [1.54, 1.807) is 16.0 Å². The smallest absolute Gasteiger partial charge is 0.224 e. The minimum atomic E-state index is -0.0191. The van der Waals surface area contributed by atoms with Crippen LogP contribution in [0.4, 0.5) is 0 Å². The van der Waals surface area contributed by atoms with Crippen molar-refractivity contribution in [3.05, 3.63) is 58.5 Å². The van der Waals surface area contributed by atoms with Crippen molar-refractivity contribution in [1.82, 2.24) is 20.3 Å². The number of rotatable bonds is 7. The lowest BCUT2D eigenvalue weighted by molar-refractivity contribution is -0.120. The molecule has 1 N–H and O–H groups in total. The highest BCUT2D eigenvalue weighted by atomic mass is 32.2. The van der Waals surface area contributed by atoms with E-state index in [9.17, 15) is 4.79 Å². The third-order valence-electron chi connectivity index (χ3n) is 3.44. The fraction of sp³-hybridized carbons (Fsp3) is 0.278. The number of carbonyl (C=O) groups is 1. The van der Waals surface area contributed by atoms with E-state index in [1.165, 1.54) is 4.90 Å². The van der Waals surface area contributed by atoms with E-state index in [-0.39, 0.29) is 5.91 Å². The van der Waals surface area contributed by atoms with E-state index in [0.29, 0.717) is 18.2 Å². The van der Waals surface area contributed by atoms with Gasteiger partial charge in [-0.15, -0.1) is 16.9 Å². The van der Waals surface area contributed by atoms with E-state index >= 15 is 0 Å². The van der Waals surface area contributed by atoms with Gasteiger partial charge in [-0.25, -0.2) is 4.68 Å². The fourth-order valence-electron chi connectivity index (χ4n) is 2.29. The third-order valence-corrected chi connectivity index (χ3v) is 5.12. The molecule has 2 aromatic heterocycles. The van der Waals surface area contributed by atoms with Gasteiger partial charge in [0, 0.05) is 15.5 Å². The van der Waals surface area contributed by atoms with Crippen molar-refractivity contribution in [2.45, 2.75) is 37.0 Å². The Labute approximate surface area is 155 Å². The molecule has 1 aromatic carbocycles. The van der Waals surface area contributed by atoms with Crippen molar-refractivity contribution in [2.75, 3.05) is 0 Å². The van der Waals surface area contributed by atoms with Gasteiger partial charge in [0.2, 0.25) is 5.91 Å². The topological polar surface area (TPSA) is 59.8 Å². The monoisotopic (exact) mass is 372 g/mol. The summed E-state index contributed by atoms with van der Waals surface area (Å²) in [5.74, 6) is -0.0191. The van der Waals surface area contributed by atoms with Crippen LogP contribution in [0.3, 0.4) is 0 Å². The Morgan fingerprint density at radius 1 is 1.28 bits per heavy atom. The van der Waals surface area contributed by atoms with Gasteiger partial charge in [-0.3, -0.25) is 4.79 Å². The second-order valence-corrected chi connectivity index (χ2v) is 8.33. The molecule has 3 rings (SSSR count). The number of benzene rings is 1. The number of nitrogens with one attached hydrogen (secondary N) is 1. The number of hydrogen-bond donors (Lipinski definition) is 1. The van der Waals surface area contributed by atoms with Crippen molar-refractivity contribution in [3.8, 4) is 5.69 Å². The molecular formula is C18H20N4OS2. The molecule has 1 amide bonds. The summed E-state index contributed by atoms with van der Waals surface area (Å²) in [6.07, 6.45) is 2.20. The molecule has 0 atom stereocenters. The number of hydrogen-bond acceptors (Lipinski definition) is 5. The molecule has 0 aliphatic carbocycles. The van der Waals surface area contributed by atoms with Crippen molar-refractivity contribution in [2.24, 2.45) is 0 Å². The lowest BCUT2D eigenvalue weighted by Crippen LogP contribution is -2.24. The van der Waals surface area contributed by atoms with Crippen LogP contribution in [0.1, 0.15) is 25.1 Å². The van der Waals surface area contributed by atoms with Gasteiger partial charge in [0.25, 0.3) is 0 Å². The molecule has 2 heterocycles. The van der Waals surface area contributed by atoms with E-state index < -0.39 is 0 Å². The maximum atomic E-state index is 12.1. The molecule has 0 saturated heterocycles. The maximum Gasteiger partial charge on any atom is 0.224 e. The molecular weight excluding hydrogens is 352 g/mol. The predicted octanol–water partition coefficient (Wildman–Crippen LogP) is 3.69. The highest BCUT2D eigenvalue weighted by Crippen LogP contribution is 2.22. The highest BCUT2D eigenvalue weighted by Gasteiger charge is 2.07. The van der Waals surface area contributed by atoms with Crippen molar-refractivity contribution >= 4 is 29.0 Å². The normalized spacial score (nSPS) is 11.0. The molecule has 7 heteroatoms. The fourth-order valence-corrected chi connectivity index (χ4v) is 3.75. The first-order valence-electron chi connectivity index (χ1n) is 8.06. The van der Waals surface area contributed by atoms with E-state index in [1.807, 2.05) is 46.9 Å². The molecule has 5 nitrogen and oxygen atoms in total. The predicted molar refractivity (Wildman–Crippen MR) is 102 cm³/mol. The molecule has 0 spiro atoms. The molecule has 3 aromatic rings. The lowest BCUT2D eigenvalue weighted by atomic mass is 10.1. The number of thiophene rings is 1. The van der Waals surface area contributed by atoms with E-state index in [0.717, 1.165) is 16.9 Å². The maximum absolute atomic E-state index is 12.1. The summed E-state index contributed by atoms with van der Waals surface area (Å²) in [6.45, 7) is 4.71. The van der Waals surface area contributed by atoms with Crippen LogP contribution in [0.25, 0.3) is 5.69 Å². The van der Waals surface area contributed by atoms with Crippen molar-refractivity contribution in [1.29, 1.82) is 0 Å². The van der Waals surface area contributed by atoms with Gasteiger partial charge in [-0.2, -0.15) is 11.3 Å². The van der Waals surface area contributed by atoms with Crippen LogP contribution < -0.4 is 5.32 Å². The summed E-state index contributed by atoms with van der Waals surface area (Å²) in [7, 11) is 0. The lowest BCUT2D eigenvalue weighted by Gasteiger charge is -2.06. The Morgan fingerprint density at radius 2 is 2.08 bits per heavy atom. The van der Waals surface area contributed by atoms with Crippen LogP contribution in [0.5, 0.6) is 0 Å². The average Bonchev–Trinajstić information content (AvgIpc) is 3.25. The molecule has 0 aliphatic rings. The zero-order chi connectivity index (χ0) is 17.6. The number of nitrogens with zero attached hydrogens (tertiary/aromatic N) is 3. The second-order valence-electron chi connectivity index (χ2n) is 5.90. The van der Waals surface area contributed by atoms with Gasteiger partial charge < -0.3 is 5.32 Å². The van der Waals surface area contributed by atoms with Crippen LogP contribution in [-0.2, 0) is 17.8 Å². The number of thioether (sulfide) groups is 1. The standard InChI is InChI=1S/C18H20N4OS2/c1-13(2)25-17-5-3-14(4-6-17)9-18(23)19-10-15-11-22(21-20-15)16-7-8-24-12-16/h3-8,11-13H,9-10H2,1-2H3,(H,19,23). The van der Waals surface area contributed by atoms with Crippen LogP contribution in [0.15, 0.2) is 52.2 Å². The zero-order valence-electron chi connectivity index (χ0n) is 14.2. The Morgan fingerprint density at radius 3 is 2.76 bits per heavy atom. The third kappa shape index (κ3) is 5.17. The summed E-state index contributed by atoms with van der Waals surface area (Å²) in [6, 6.07) is 10.1. The first kappa shape index (κ1) is 17.7. The molecule has 0 saturated carbocycles. The first-order valence-corrected chi connectivity index (χ1v) is 9.88. The van der Waals surface area contributed by atoms with Gasteiger partial charge in [0.15, 0.2) is 0 Å². The van der Waals surface area contributed by atoms with Crippen molar-refractivity contribution in [3.63, 3.8) is 0 Å². The van der Waals surface area contributed by atoms with Gasteiger partial charge in [0.1, 0.15) is 5.69 Å². The molecule has 0 radical (unpaired) electrons. The largest absolute Gasteiger partial charge is 0.350 e. The molecule has 0 bridgehead atoms. The van der Waals surface area contributed by atoms with Crippen LogP contribution in [0.2, 0.25) is 0 Å². The van der Waals surface area contributed by atoms with E-state index in [4.69, 9.17) is 0 Å². The summed E-state index contributed by atoms with van der Waals surface area (Å²) < 4.78 is 1.71. The van der Waals surface area contributed by atoms with Gasteiger partial charge >= 0.3 is 0 Å². The summed E-state index contributed by atoms with van der Waals surface area (Å²) in [4.78, 5) is 13.3. The molecule has 130 valence electrons. The van der Waals surface area contributed by atoms with Gasteiger partial charge in [-0.1, -0.05) is 31.2 Å². The zero-order valence-corrected chi connectivity index (χ0v) is 15.8. The average molecular weight is 373 g/mol. The van der Waals surface area contributed by atoms with Crippen LogP contribution in [-0.4, -0.2) is 26.2 Å². The summed E-state index contributed by atoms with van der Waals surface area (Å²) in [5.41, 5.74) is 2.73. The minimum Gasteiger partial charge on any atom is -0.350 e. The Hall–Kier alpha value is -2.12. The summed E-state index contributed by atoms with van der Waals surface area (Å²) >= 11 is 3.42. The van der Waals surface area contributed by atoms with E-state index in [2.05, 4.69) is 41.6 Å². The Kier molecular flexibility index (Phi) is 5.88. The number of amides is 1. The van der Waals surface area contributed by atoms with Gasteiger partial charge in [-0.05, 0) is 29.1 Å². The first-order chi connectivity index (χ1) is 12.1. The molecule has 0 aliphatic heterocycles. The number of aromatic nitrogens is 3. The van der Waals surface area contributed by atoms with Crippen LogP contribution in [0, 0.1) is 0 Å².